The molecule has 26 heavy (non-hydrogen) atoms. The smallest absolute Gasteiger partial charge is 0.217 e. The largest absolute Gasteiger partial charge is 0.352 e. The van der Waals surface area contributed by atoms with Gasteiger partial charge in [0, 0.05) is 32.4 Å². The zero-order valence-electron chi connectivity index (χ0n) is 14.7. The predicted octanol–water partition coefficient (Wildman–Crippen LogP) is 1.54. The van der Waals surface area contributed by atoms with E-state index in [-0.39, 0.29) is 5.25 Å². The lowest BCUT2D eigenvalue weighted by atomic mass is 10.3. The standard InChI is InChI=1S/C17H22N6O2S/c1-13-2-5-15(18-12-13)19-16-6-7-17(21-20-16)22-8-10-23(11-9-22)26(24,25)14-3-4-14/h2,5-7,12,14H,3-4,8-11H2,1H3,(H,18,19,20). The molecule has 3 heterocycles. The number of piperazine rings is 1. The van der Waals surface area contributed by atoms with Crippen LogP contribution in [0.25, 0.3) is 0 Å². The maximum atomic E-state index is 12.3. The third kappa shape index (κ3) is 3.63. The molecule has 8 nitrogen and oxygen atoms in total. The maximum absolute atomic E-state index is 12.3. The number of hydrogen-bond acceptors (Lipinski definition) is 7. The minimum atomic E-state index is -3.09. The summed E-state index contributed by atoms with van der Waals surface area (Å²) in [6, 6.07) is 7.63. The first kappa shape index (κ1) is 17.2. The van der Waals surface area contributed by atoms with Crippen LogP contribution in [0.4, 0.5) is 17.5 Å². The zero-order chi connectivity index (χ0) is 18.1. The van der Waals surface area contributed by atoms with Gasteiger partial charge in [-0.05, 0) is 43.5 Å². The molecule has 1 N–H and O–H groups in total. The van der Waals surface area contributed by atoms with Crippen LogP contribution in [0.1, 0.15) is 18.4 Å². The normalized spacial score (nSPS) is 18.7. The highest BCUT2D eigenvalue weighted by atomic mass is 32.2. The summed E-state index contributed by atoms with van der Waals surface area (Å²) in [5.74, 6) is 2.10. The van der Waals surface area contributed by atoms with Crippen molar-refractivity contribution in [2.75, 3.05) is 36.4 Å². The van der Waals surface area contributed by atoms with Gasteiger partial charge in [-0.2, -0.15) is 4.31 Å². The molecular formula is C17H22N6O2S. The summed E-state index contributed by atoms with van der Waals surface area (Å²) in [5.41, 5.74) is 1.10. The topological polar surface area (TPSA) is 91.3 Å². The lowest BCUT2D eigenvalue weighted by Crippen LogP contribution is -2.49. The van der Waals surface area contributed by atoms with Crippen LogP contribution < -0.4 is 10.2 Å². The maximum Gasteiger partial charge on any atom is 0.217 e. The van der Waals surface area contributed by atoms with E-state index in [0.29, 0.717) is 32.0 Å². The lowest BCUT2D eigenvalue weighted by Gasteiger charge is -2.34. The molecule has 1 saturated heterocycles. The van der Waals surface area contributed by atoms with Gasteiger partial charge in [-0.15, -0.1) is 10.2 Å². The first-order valence-corrected chi connectivity index (χ1v) is 10.3. The highest BCUT2D eigenvalue weighted by molar-refractivity contribution is 7.90. The van der Waals surface area contributed by atoms with Crippen molar-refractivity contribution >= 4 is 27.5 Å². The average Bonchev–Trinajstić information content (AvgIpc) is 3.50. The Kier molecular flexibility index (Phi) is 4.49. The fraction of sp³-hybridized carbons (Fsp3) is 0.471. The molecule has 0 aromatic carbocycles. The quantitative estimate of drug-likeness (QED) is 0.849. The molecular weight excluding hydrogens is 352 g/mol. The lowest BCUT2D eigenvalue weighted by molar-refractivity contribution is 0.383. The summed E-state index contributed by atoms with van der Waals surface area (Å²) in [4.78, 5) is 6.35. The summed E-state index contributed by atoms with van der Waals surface area (Å²) in [6.45, 7) is 4.27. The van der Waals surface area contributed by atoms with Crippen LogP contribution in [0, 0.1) is 6.92 Å². The van der Waals surface area contributed by atoms with E-state index in [2.05, 4.69) is 25.4 Å². The van der Waals surface area contributed by atoms with Gasteiger partial charge >= 0.3 is 0 Å². The van der Waals surface area contributed by atoms with E-state index >= 15 is 0 Å². The first-order chi connectivity index (χ1) is 12.5. The van der Waals surface area contributed by atoms with Crippen molar-refractivity contribution < 1.29 is 8.42 Å². The van der Waals surface area contributed by atoms with Gasteiger partial charge in [0.25, 0.3) is 0 Å². The van der Waals surface area contributed by atoms with Crippen LogP contribution in [0.2, 0.25) is 0 Å². The monoisotopic (exact) mass is 374 g/mol. The Balaban J connectivity index is 1.36. The number of hydrogen-bond donors (Lipinski definition) is 1. The molecule has 1 aliphatic heterocycles. The van der Waals surface area contributed by atoms with Crippen LogP contribution in [0.15, 0.2) is 30.5 Å². The zero-order valence-corrected chi connectivity index (χ0v) is 15.5. The van der Waals surface area contributed by atoms with Gasteiger partial charge in [-0.3, -0.25) is 0 Å². The molecule has 2 aromatic rings. The third-order valence-electron chi connectivity index (χ3n) is 4.69. The molecule has 0 radical (unpaired) electrons. The molecule has 2 aromatic heterocycles. The van der Waals surface area contributed by atoms with Crippen molar-refractivity contribution in [3.05, 3.63) is 36.0 Å². The summed E-state index contributed by atoms with van der Waals surface area (Å²) in [6.07, 6.45) is 3.40. The van der Waals surface area contributed by atoms with Crippen LogP contribution in [-0.4, -0.2) is 59.3 Å². The Bertz CT molecular complexity index is 857. The minimum absolute atomic E-state index is 0.144. The fourth-order valence-electron chi connectivity index (χ4n) is 2.98. The Morgan fingerprint density at radius 3 is 2.31 bits per heavy atom. The molecule has 1 saturated carbocycles. The van der Waals surface area contributed by atoms with Gasteiger partial charge in [0.05, 0.1) is 5.25 Å². The Labute approximate surface area is 153 Å². The number of anilines is 3. The van der Waals surface area contributed by atoms with Gasteiger partial charge in [0.2, 0.25) is 10.0 Å². The highest BCUT2D eigenvalue weighted by Crippen LogP contribution is 2.31. The molecule has 0 bridgehead atoms. The molecule has 2 fully saturated rings. The number of nitrogens with zero attached hydrogens (tertiary/aromatic N) is 5. The van der Waals surface area contributed by atoms with E-state index < -0.39 is 10.0 Å². The third-order valence-corrected chi connectivity index (χ3v) is 7.08. The summed E-state index contributed by atoms with van der Waals surface area (Å²) in [5, 5.41) is 11.4. The number of nitrogens with one attached hydrogen (secondary N) is 1. The number of sulfonamides is 1. The van der Waals surface area contributed by atoms with Crippen molar-refractivity contribution in [2.24, 2.45) is 0 Å². The molecule has 0 atom stereocenters. The van der Waals surface area contributed by atoms with Crippen molar-refractivity contribution in [1.82, 2.24) is 19.5 Å². The van der Waals surface area contributed by atoms with Crippen LogP contribution in [-0.2, 0) is 10.0 Å². The number of aryl methyl sites for hydroxylation is 1. The number of pyridine rings is 1. The second-order valence-electron chi connectivity index (χ2n) is 6.75. The van der Waals surface area contributed by atoms with E-state index in [9.17, 15) is 8.42 Å². The summed E-state index contributed by atoms with van der Waals surface area (Å²) in [7, 11) is -3.09. The highest BCUT2D eigenvalue weighted by Gasteiger charge is 2.41. The van der Waals surface area contributed by atoms with Gasteiger partial charge < -0.3 is 10.2 Å². The Hall–Kier alpha value is -2.26. The second-order valence-corrected chi connectivity index (χ2v) is 8.97. The summed E-state index contributed by atoms with van der Waals surface area (Å²) < 4.78 is 26.2. The molecule has 0 unspecified atom stereocenters. The molecule has 2 aliphatic rings. The SMILES string of the molecule is Cc1ccc(Nc2ccc(N3CCN(S(=O)(=O)C4CC4)CC3)nn2)nc1. The van der Waals surface area contributed by atoms with Crippen molar-refractivity contribution in [2.45, 2.75) is 25.0 Å². The number of aromatic nitrogens is 3. The van der Waals surface area contributed by atoms with Crippen molar-refractivity contribution in [3.8, 4) is 0 Å². The van der Waals surface area contributed by atoms with Gasteiger partial charge in [-0.25, -0.2) is 13.4 Å². The first-order valence-electron chi connectivity index (χ1n) is 8.80. The average molecular weight is 374 g/mol. The molecule has 0 amide bonds. The van der Waals surface area contributed by atoms with E-state index in [1.165, 1.54) is 0 Å². The Morgan fingerprint density at radius 2 is 1.73 bits per heavy atom. The molecule has 138 valence electrons. The number of rotatable bonds is 5. The molecule has 1 aliphatic carbocycles. The van der Waals surface area contributed by atoms with E-state index in [1.807, 2.05) is 31.2 Å². The van der Waals surface area contributed by atoms with E-state index in [1.54, 1.807) is 10.5 Å². The second kappa shape index (κ2) is 6.81. The summed E-state index contributed by atoms with van der Waals surface area (Å²) >= 11 is 0. The van der Waals surface area contributed by atoms with Gasteiger partial charge in [0.1, 0.15) is 5.82 Å². The van der Waals surface area contributed by atoms with Crippen molar-refractivity contribution in [1.29, 1.82) is 0 Å². The Morgan fingerprint density at radius 1 is 1.00 bits per heavy atom. The fourth-order valence-corrected chi connectivity index (χ4v) is 4.81. The van der Waals surface area contributed by atoms with Crippen molar-refractivity contribution in [3.63, 3.8) is 0 Å². The van der Waals surface area contributed by atoms with E-state index in [0.717, 1.165) is 30.0 Å². The van der Waals surface area contributed by atoms with Crippen LogP contribution >= 0.6 is 0 Å². The molecule has 0 spiro atoms. The molecule has 4 rings (SSSR count). The van der Waals surface area contributed by atoms with Gasteiger partial charge in [-0.1, -0.05) is 6.07 Å². The molecule has 9 heteroatoms. The predicted molar refractivity (Wildman–Crippen MR) is 100 cm³/mol. The van der Waals surface area contributed by atoms with Gasteiger partial charge in [0.15, 0.2) is 11.6 Å². The van der Waals surface area contributed by atoms with Crippen LogP contribution in [0.3, 0.4) is 0 Å². The minimum Gasteiger partial charge on any atom is -0.352 e. The van der Waals surface area contributed by atoms with Crippen LogP contribution in [0.5, 0.6) is 0 Å². The van der Waals surface area contributed by atoms with E-state index in [4.69, 9.17) is 0 Å².